The molecule has 1 unspecified atom stereocenters. The normalized spacial score (nSPS) is 19.1. The number of thiazole rings is 1. The largest absolute Gasteiger partial charge is 0.327 e. The second-order valence-electron chi connectivity index (χ2n) is 7.59. The molecule has 0 fully saturated rings. The van der Waals surface area contributed by atoms with E-state index in [9.17, 15) is 4.79 Å². The number of aromatic nitrogens is 4. The monoisotopic (exact) mass is 428 g/mol. The van der Waals surface area contributed by atoms with Crippen LogP contribution in [0.1, 0.15) is 39.7 Å². The summed E-state index contributed by atoms with van der Waals surface area (Å²) in [4.78, 5) is 23.3. The number of rotatable bonds is 2. The lowest BCUT2D eigenvalue weighted by Gasteiger charge is -2.33. The number of hydrogen-bond donors (Lipinski definition) is 0. The molecule has 0 aliphatic carbocycles. The van der Waals surface area contributed by atoms with Crippen molar-refractivity contribution in [1.29, 1.82) is 0 Å². The fourth-order valence-corrected chi connectivity index (χ4v) is 5.31. The Balaban J connectivity index is 1.43. The van der Waals surface area contributed by atoms with Gasteiger partial charge in [-0.05, 0) is 38.2 Å². The van der Waals surface area contributed by atoms with Crippen molar-refractivity contribution >= 4 is 28.8 Å². The third-order valence-corrected chi connectivity index (χ3v) is 6.98. The predicted molar refractivity (Wildman–Crippen MR) is 112 cm³/mol. The van der Waals surface area contributed by atoms with Crippen molar-refractivity contribution < 1.29 is 4.79 Å². The lowest BCUT2D eigenvalue weighted by molar-refractivity contribution is 0.0638. The van der Waals surface area contributed by atoms with Gasteiger partial charge in [0, 0.05) is 48.1 Å². The topological polar surface area (TPSA) is 67.2 Å². The Morgan fingerprint density at radius 2 is 1.97 bits per heavy atom. The van der Waals surface area contributed by atoms with E-state index in [0.717, 1.165) is 36.2 Å². The summed E-state index contributed by atoms with van der Waals surface area (Å²) >= 11 is 7.66. The first-order valence-electron chi connectivity index (χ1n) is 9.68. The van der Waals surface area contributed by atoms with E-state index >= 15 is 0 Å². The van der Waals surface area contributed by atoms with E-state index in [1.807, 2.05) is 11.8 Å². The first-order chi connectivity index (χ1) is 14.0. The van der Waals surface area contributed by atoms with Crippen molar-refractivity contribution in [1.82, 2.24) is 29.5 Å². The third-order valence-electron chi connectivity index (χ3n) is 5.65. The van der Waals surface area contributed by atoms with Gasteiger partial charge in [0.05, 0.1) is 11.7 Å². The van der Waals surface area contributed by atoms with Crippen molar-refractivity contribution in [2.24, 2.45) is 0 Å². The highest BCUT2D eigenvalue weighted by Gasteiger charge is 2.33. The summed E-state index contributed by atoms with van der Waals surface area (Å²) in [7, 11) is 2.13. The number of halogens is 1. The summed E-state index contributed by atoms with van der Waals surface area (Å²) in [5, 5.41) is 10.4. The van der Waals surface area contributed by atoms with E-state index in [0.29, 0.717) is 23.7 Å². The highest BCUT2D eigenvalue weighted by molar-refractivity contribution is 7.15. The van der Waals surface area contributed by atoms with E-state index in [4.69, 9.17) is 16.6 Å². The molecule has 1 aromatic carbocycles. The number of fused-ring (bicyclic) bond motifs is 2. The summed E-state index contributed by atoms with van der Waals surface area (Å²) in [5.74, 6) is 1.60. The van der Waals surface area contributed by atoms with Crippen molar-refractivity contribution in [2.75, 3.05) is 20.1 Å². The van der Waals surface area contributed by atoms with Crippen molar-refractivity contribution in [3.8, 4) is 10.8 Å². The fraction of sp³-hybridized carbons (Fsp3) is 0.400. The molecule has 1 amide bonds. The van der Waals surface area contributed by atoms with Crippen LogP contribution >= 0.6 is 22.9 Å². The summed E-state index contributed by atoms with van der Waals surface area (Å²) in [6, 6.07) is 6.85. The maximum atomic E-state index is 13.0. The zero-order valence-electron chi connectivity index (χ0n) is 16.3. The Bertz CT molecular complexity index is 1080. The highest BCUT2D eigenvalue weighted by Crippen LogP contribution is 2.34. The van der Waals surface area contributed by atoms with Crippen LogP contribution in [0.3, 0.4) is 0 Å². The minimum absolute atomic E-state index is 0.0160. The van der Waals surface area contributed by atoms with Gasteiger partial charge >= 0.3 is 0 Å². The average molecular weight is 429 g/mol. The molecule has 0 radical (unpaired) electrons. The van der Waals surface area contributed by atoms with Crippen LogP contribution in [-0.4, -0.2) is 55.6 Å². The minimum Gasteiger partial charge on any atom is -0.327 e. The molecule has 2 aromatic heterocycles. The van der Waals surface area contributed by atoms with Crippen LogP contribution in [0.4, 0.5) is 0 Å². The zero-order chi connectivity index (χ0) is 20.1. The van der Waals surface area contributed by atoms with Crippen LogP contribution in [-0.2, 0) is 19.5 Å². The number of carbonyl (C=O) groups is 1. The van der Waals surface area contributed by atoms with Crippen LogP contribution in [0.25, 0.3) is 10.8 Å². The lowest BCUT2D eigenvalue weighted by Crippen LogP contribution is -2.41. The number of carbonyl (C=O) groups excluding carboxylic acids is 1. The smallest absolute Gasteiger partial charge is 0.254 e. The molecule has 2 aliphatic heterocycles. The second kappa shape index (κ2) is 7.19. The molecule has 0 bridgehead atoms. The van der Waals surface area contributed by atoms with Crippen LogP contribution < -0.4 is 0 Å². The van der Waals surface area contributed by atoms with Crippen molar-refractivity contribution in [2.45, 2.75) is 32.5 Å². The molecule has 7 nitrogen and oxygen atoms in total. The molecular formula is C20H21ClN6OS. The van der Waals surface area contributed by atoms with Gasteiger partial charge in [0.1, 0.15) is 0 Å². The number of benzene rings is 1. The van der Waals surface area contributed by atoms with Crippen LogP contribution in [0.2, 0.25) is 5.02 Å². The van der Waals surface area contributed by atoms with E-state index in [1.54, 1.807) is 35.6 Å². The molecule has 0 N–H and O–H groups in total. The summed E-state index contributed by atoms with van der Waals surface area (Å²) in [5.41, 5.74) is 1.81. The maximum absolute atomic E-state index is 13.0. The molecule has 150 valence electrons. The number of nitrogens with zero attached hydrogens (tertiary/aromatic N) is 6. The number of likely N-dealkylation sites (N-methyl/N-ethyl adjacent to an activating group) is 1. The molecule has 3 aromatic rings. The molecular weight excluding hydrogens is 408 g/mol. The first-order valence-corrected chi connectivity index (χ1v) is 10.9. The van der Waals surface area contributed by atoms with Crippen LogP contribution in [0, 0.1) is 0 Å². The average Bonchev–Trinajstić information content (AvgIpc) is 3.32. The predicted octanol–water partition coefficient (Wildman–Crippen LogP) is 3.26. The van der Waals surface area contributed by atoms with Gasteiger partial charge in [-0.2, -0.15) is 0 Å². The third kappa shape index (κ3) is 3.25. The quantitative estimate of drug-likeness (QED) is 0.626. The Hall–Kier alpha value is -2.29. The summed E-state index contributed by atoms with van der Waals surface area (Å²) in [6.45, 7) is 5.24. The van der Waals surface area contributed by atoms with Gasteiger partial charge in [-0.15, -0.1) is 21.5 Å². The molecule has 9 heteroatoms. The first kappa shape index (κ1) is 18.7. The van der Waals surface area contributed by atoms with Gasteiger partial charge < -0.3 is 14.4 Å². The zero-order valence-corrected chi connectivity index (χ0v) is 17.9. The van der Waals surface area contributed by atoms with E-state index in [-0.39, 0.29) is 11.9 Å². The molecule has 0 spiro atoms. The molecule has 2 aliphatic rings. The number of hydrogen-bond acceptors (Lipinski definition) is 6. The Morgan fingerprint density at radius 3 is 2.76 bits per heavy atom. The second-order valence-corrected chi connectivity index (χ2v) is 9.11. The standard InChI is InChI=1S/C20H21ClN6OS/c1-12-17-23-24-18(19-22-15-7-8-25(2)11-16(15)29-19)27(17)10-9-26(12)20(28)13-3-5-14(21)6-4-13/h3-6,12H,7-11H2,1-2H3. The fourth-order valence-electron chi connectivity index (χ4n) is 4.00. The maximum Gasteiger partial charge on any atom is 0.254 e. The number of amides is 1. The molecule has 0 saturated heterocycles. The van der Waals surface area contributed by atoms with Gasteiger partial charge in [-0.25, -0.2) is 4.98 Å². The van der Waals surface area contributed by atoms with Gasteiger partial charge in [0.2, 0.25) is 0 Å². The van der Waals surface area contributed by atoms with Gasteiger partial charge in [-0.1, -0.05) is 11.6 Å². The lowest BCUT2D eigenvalue weighted by atomic mass is 10.1. The molecule has 1 atom stereocenters. The van der Waals surface area contributed by atoms with Gasteiger partial charge in [0.25, 0.3) is 5.91 Å². The van der Waals surface area contributed by atoms with Crippen molar-refractivity contribution in [3.63, 3.8) is 0 Å². The van der Waals surface area contributed by atoms with Crippen LogP contribution in [0.15, 0.2) is 24.3 Å². The minimum atomic E-state index is -0.158. The van der Waals surface area contributed by atoms with E-state index in [1.165, 1.54) is 10.6 Å². The van der Waals surface area contributed by atoms with Gasteiger partial charge in [0.15, 0.2) is 16.7 Å². The molecule has 0 saturated carbocycles. The van der Waals surface area contributed by atoms with E-state index < -0.39 is 0 Å². The Kier molecular flexibility index (Phi) is 4.64. The summed E-state index contributed by atoms with van der Waals surface area (Å²) < 4.78 is 2.12. The van der Waals surface area contributed by atoms with Gasteiger partial charge in [-0.3, -0.25) is 4.79 Å². The SMILES string of the molecule is CC1c2nnc(-c3nc4c(s3)CN(C)CC4)n2CCN1C(=O)c1ccc(Cl)cc1. The van der Waals surface area contributed by atoms with Crippen molar-refractivity contribution in [3.05, 3.63) is 51.2 Å². The van der Waals surface area contributed by atoms with E-state index in [2.05, 4.69) is 26.7 Å². The summed E-state index contributed by atoms with van der Waals surface area (Å²) in [6.07, 6.45) is 0.975. The van der Waals surface area contributed by atoms with Crippen LogP contribution in [0.5, 0.6) is 0 Å². The molecule has 5 rings (SSSR count). The highest BCUT2D eigenvalue weighted by atomic mass is 35.5. The molecule has 4 heterocycles. The Morgan fingerprint density at radius 1 is 1.17 bits per heavy atom. The molecule has 29 heavy (non-hydrogen) atoms. The Labute approximate surface area is 177 Å².